The Hall–Kier alpha value is -0.780. The zero-order valence-electron chi connectivity index (χ0n) is 10.8. The molecule has 4 heteroatoms. The highest BCUT2D eigenvalue weighted by Crippen LogP contribution is 2.50. The minimum atomic E-state index is 0.684. The summed E-state index contributed by atoms with van der Waals surface area (Å²) in [6.07, 6.45) is 5.69. The van der Waals surface area contributed by atoms with E-state index in [2.05, 4.69) is 50.3 Å². The first kappa shape index (κ1) is 12.0. The number of halogens is 1. The van der Waals surface area contributed by atoms with Gasteiger partial charge in [0.2, 0.25) is 5.95 Å². The molecule has 0 saturated heterocycles. The third-order valence-electron chi connectivity index (χ3n) is 4.59. The lowest BCUT2D eigenvalue weighted by Crippen LogP contribution is -2.16. The zero-order chi connectivity index (χ0) is 13.0. The van der Waals surface area contributed by atoms with Crippen molar-refractivity contribution >= 4 is 39.6 Å². The van der Waals surface area contributed by atoms with Gasteiger partial charge < -0.3 is 10.3 Å². The maximum absolute atomic E-state index is 6.14. The molecule has 4 rings (SSSR count). The highest BCUT2D eigenvalue weighted by atomic mass is 127. The molecule has 2 aliphatic carbocycles. The Morgan fingerprint density at radius 1 is 1.26 bits per heavy atom. The van der Waals surface area contributed by atoms with E-state index in [0.29, 0.717) is 5.95 Å². The fourth-order valence-electron chi connectivity index (χ4n) is 3.26. The summed E-state index contributed by atoms with van der Waals surface area (Å²) in [7, 11) is 0. The molecule has 2 N–H and O–H groups in total. The lowest BCUT2D eigenvalue weighted by molar-refractivity contribution is 0.355. The number of aromatic nitrogens is 2. The first-order valence-electron chi connectivity index (χ1n) is 7.13. The van der Waals surface area contributed by atoms with Crippen LogP contribution in [-0.2, 0) is 6.54 Å². The van der Waals surface area contributed by atoms with Crippen molar-refractivity contribution in [3.05, 3.63) is 21.8 Å². The molecule has 100 valence electrons. The van der Waals surface area contributed by atoms with Crippen LogP contribution in [0.15, 0.2) is 18.2 Å². The predicted molar refractivity (Wildman–Crippen MR) is 85.8 cm³/mol. The van der Waals surface area contributed by atoms with Gasteiger partial charge in [0.15, 0.2) is 0 Å². The second-order valence-electron chi connectivity index (χ2n) is 6.05. The summed E-state index contributed by atoms with van der Waals surface area (Å²) in [6, 6.07) is 6.42. The van der Waals surface area contributed by atoms with Crippen LogP contribution in [-0.4, -0.2) is 9.55 Å². The van der Waals surface area contributed by atoms with Crippen LogP contribution in [0, 0.1) is 21.3 Å². The number of anilines is 1. The molecule has 2 aliphatic rings. The fraction of sp³-hybridized carbons (Fsp3) is 0.533. The lowest BCUT2D eigenvalue weighted by atomic mass is 9.98. The predicted octanol–water partition coefficient (Wildman–Crippen LogP) is 3.66. The van der Waals surface area contributed by atoms with E-state index < -0.39 is 0 Å². The van der Waals surface area contributed by atoms with Gasteiger partial charge in [-0.15, -0.1) is 0 Å². The SMILES string of the molecule is Nc1nc2cc(I)ccc2n1CC(C1CC1)C1CC1. The summed E-state index contributed by atoms with van der Waals surface area (Å²) in [6.45, 7) is 1.07. The van der Waals surface area contributed by atoms with E-state index in [0.717, 1.165) is 29.8 Å². The molecule has 3 nitrogen and oxygen atoms in total. The van der Waals surface area contributed by atoms with Crippen molar-refractivity contribution in [1.82, 2.24) is 9.55 Å². The summed E-state index contributed by atoms with van der Waals surface area (Å²) >= 11 is 2.33. The Kier molecular flexibility index (Phi) is 2.76. The number of imidazole rings is 1. The first-order valence-corrected chi connectivity index (χ1v) is 8.21. The van der Waals surface area contributed by atoms with Crippen LogP contribution in [0.25, 0.3) is 11.0 Å². The average molecular weight is 367 g/mol. The maximum Gasteiger partial charge on any atom is 0.201 e. The van der Waals surface area contributed by atoms with Crippen molar-refractivity contribution in [1.29, 1.82) is 0 Å². The van der Waals surface area contributed by atoms with Gasteiger partial charge in [0, 0.05) is 10.1 Å². The molecule has 0 atom stereocenters. The summed E-state index contributed by atoms with van der Waals surface area (Å²) in [5, 5.41) is 0. The Morgan fingerprint density at radius 2 is 1.95 bits per heavy atom. The first-order chi connectivity index (χ1) is 9.22. The van der Waals surface area contributed by atoms with Gasteiger partial charge in [-0.2, -0.15) is 0 Å². The molecule has 1 aromatic heterocycles. The second kappa shape index (κ2) is 4.36. The van der Waals surface area contributed by atoms with Crippen LogP contribution in [0.3, 0.4) is 0 Å². The Bertz CT molecular complexity index is 614. The van der Waals surface area contributed by atoms with Crippen molar-refractivity contribution in [2.75, 3.05) is 5.73 Å². The molecule has 1 aromatic carbocycles. The van der Waals surface area contributed by atoms with Gasteiger partial charge in [-0.1, -0.05) is 0 Å². The van der Waals surface area contributed by atoms with E-state index in [1.807, 2.05) is 0 Å². The number of benzene rings is 1. The minimum Gasteiger partial charge on any atom is -0.369 e. The standard InChI is InChI=1S/C15H18IN3/c16-11-5-6-14-13(7-11)18-15(17)19(14)8-12(9-1-2-9)10-3-4-10/h5-7,9-10,12H,1-4,8H2,(H2,17,18). The molecule has 2 saturated carbocycles. The van der Waals surface area contributed by atoms with E-state index in [4.69, 9.17) is 5.73 Å². The highest BCUT2D eigenvalue weighted by Gasteiger charge is 2.41. The molecule has 0 unspecified atom stereocenters. The van der Waals surface area contributed by atoms with Gasteiger partial charge in [-0.05, 0) is 84.2 Å². The van der Waals surface area contributed by atoms with Crippen molar-refractivity contribution in [2.45, 2.75) is 32.2 Å². The maximum atomic E-state index is 6.14. The summed E-state index contributed by atoms with van der Waals surface area (Å²) in [5.74, 6) is 3.42. The van der Waals surface area contributed by atoms with Crippen molar-refractivity contribution in [3.63, 3.8) is 0 Å². The van der Waals surface area contributed by atoms with E-state index in [1.165, 1.54) is 34.8 Å². The van der Waals surface area contributed by atoms with E-state index in [-0.39, 0.29) is 0 Å². The molecule has 0 spiro atoms. The van der Waals surface area contributed by atoms with Gasteiger partial charge in [0.05, 0.1) is 11.0 Å². The molecule has 0 radical (unpaired) electrons. The molecule has 2 aromatic rings. The normalized spacial score (nSPS) is 19.5. The molecule has 0 bridgehead atoms. The number of nitrogen functional groups attached to an aromatic ring is 1. The minimum absolute atomic E-state index is 0.684. The van der Waals surface area contributed by atoms with Crippen LogP contribution in [0.2, 0.25) is 0 Å². The zero-order valence-corrected chi connectivity index (χ0v) is 13.0. The number of nitrogens with zero attached hydrogens (tertiary/aromatic N) is 2. The highest BCUT2D eigenvalue weighted by molar-refractivity contribution is 14.1. The number of rotatable bonds is 4. The fourth-order valence-corrected chi connectivity index (χ4v) is 3.73. The number of nitrogens with two attached hydrogens (primary N) is 1. The van der Waals surface area contributed by atoms with Crippen molar-refractivity contribution in [3.8, 4) is 0 Å². The van der Waals surface area contributed by atoms with Gasteiger partial charge >= 0.3 is 0 Å². The third-order valence-corrected chi connectivity index (χ3v) is 5.26. The summed E-state index contributed by atoms with van der Waals surface area (Å²) in [5.41, 5.74) is 8.38. The molecular weight excluding hydrogens is 349 g/mol. The molecule has 0 aliphatic heterocycles. The van der Waals surface area contributed by atoms with E-state index >= 15 is 0 Å². The van der Waals surface area contributed by atoms with Crippen molar-refractivity contribution in [2.24, 2.45) is 17.8 Å². The van der Waals surface area contributed by atoms with Crippen LogP contribution < -0.4 is 5.73 Å². The quantitative estimate of drug-likeness (QED) is 0.839. The molecule has 19 heavy (non-hydrogen) atoms. The van der Waals surface area contributed by atoms with Crippen molar-refractivity contribution < 1.29 is 0 Å². The topological polar surface area (TPSA) is 43.8 Å². The lowest BCUT2D eigenvalue weighted by Gasteiger charge is -2.17. The molecule has 0 amide bonds. The Morgan fingerprint density at radius 3 is 2.58 bits per heavy atom. The van der Waals surface area contributed by atoms with Gasteiger partial charge in [-0.3, -0.25) is 0 Å². The molecule has 2 fully saturated rings. The number of hydrogen-bond acceptors (Lipinski definition) is 2. The molecule has 1 heterocycles. The van der Waals surface area contributed by atoms with Crippen LogP contribution >= 0.6 is 22.6 Å². The summed E-state index contributed by atoms with van der Waals surface area (Å²) < 4.78 is 3.46. The molecular formula is C15H18IN3. The van der Waals surface area contributed by atoms with E-state index in [9.17, 15) is 0 Å². The van der Waals surface area contributed by atoms with Crippen LogP contribution in [0.5, 0.6) is 0 Å². The van der Waals surface area contributed by atoms with Crippen LogP contribution in [0.4, 0.5) is 5.95 Å². The monoisotopic (exact) mass is 367 g/mol. The Labute approximate surface area is 126 Å². The number of fused-ring (bicyclic) bond motifs is 1. The van der Waals surface area contributed by atoms with Crippen LogP contribution in [0.1, 0.15) is 25.7 Å². The second-order valence-corrected chi connectivity index (χ2v) is 7.30. The Balaban J connectivity index is 1.71. The smallest absolute Gasteiger partial charge is 0.201 e. The largest absolute Gasteiger partial charge is 0.369 e. The van der Waals surface area contributed by atoms with Gasteiger partial charge in [0.25, 0.3) is 0 Å². The number of hydrogen-bond donors (Lipinski definition) is 1. The average Bonchev–Trinajstić information content (AvgIpc) is 3.24. The third kappa shape index (κ3) is 2.24. The van der Waals surface area contributed by atoms with Gasteiger partial charge in [0.1, 0.15) is 0 Å². The van der Waals surface area contributed by atoms with Gasteiger partial charge in [-0.25, -0.2) is 4.98 Å². The summed E-state index contributed by atoms with van der Waals surface area (Å²) in [4.78, 5) is 4.52. The van der Waals surface area contributed by atoms with E-state index in [1.54, 1.807) is 0 Å².